The average molecular weight is 256 g/mol. The van der Waals surface area contributed by atoms with Crippen LogP contribution in [0.2, 0.25) is 0 Å². The number of nitrogens with one attached hydrogen (secondary N) is 1. The van der Waals surface area contributed by atoms with E-state index in [1.165, 1.54) is 11.3 Å². The predicted molar refractivity (Wildman–Crippen MR) is 75.9 cm³/mol. The average Bonchev–Trinajstić information content (AvgIpc) is 2.80. The summed E-state index contributed by atoms with van der Waals surface area (Å²) in [6, 6.07) is 7.81. The Morgan fingerprint density at radius 2 is 2.11 bits per heavy atom. The number of anilines is 3. The number of benzene rings is 1. The zero-order valence-corrected chi connectivity index (χ0v) is 10.5. The molecule has 0 bridgehead atoms. The molecule has 1 amide bonds. The van der Waals surface area contributed by atoms with Gasteiger partial charge in [0.15, 0.2) is 0 Å². The highest BCUT2D eigenvalue weighted by atomic mass is 32.1. The van der Waals surface area contributed by atoms with Crippen molar-refractivity contribution in [2.45, 2.75) is 0 Å². The van der Waals surface area contributed by atoms with Gasteiger partial charge in [-0.2, -0.15) is 0 Å². The van der Waals surface area contributed by atoms with Gasteiger partial charge in [-0.05, 0) is 12.1 Å². The van der Waals surface area contributed by atoms with E-state index in [9.17, 15) is 4.79 Å². The van der Waals surface area contributed by atoms with Gasteiger partial charge >= 0.3 is 0 Å². The highest BCUT2D eigenvalue weighted by Crippen LogP contribution is 2.36. The molecule has 1 aromatic heterocycles. The smallest absolute Gasteiger partial charge is 0.261 e. The molecular formula is C14H12N2OS. The summed E-state index contributed by atoms with van der Waals surface area (Å²) in [5, 5.41) is 7.16. The van der Waals surface area contributed by atoms with Gasteiger partial charge in [0.25, 0.3) is 5.91 Å². The van der Waals surface area contributed by atoms with Gasteiger partial charge in [0.2, 0.25) is 0 Å². The van der Waals surface area contributed by atoms with E-state index in [2.05, 4.69) is 11.9 Å². The molecule has 1 N–H and O–H groups in total. The number of nitrogens with zero attached hydrogens (tertiary/aromatic N) is 1. The van der Waals surface area contributed by atoms with Crippen molar-refractivity contribution in [1.82, 2.24) is 0 Å². The Balaban J connectivity index is 2.19. The fourth-order valence-electron chi connectivity index (χ4n) is 2.08. The minimum absolute atomic E-state index is 0.0172. The maximum atomic E-state index is 12.5. The highest BCUT2D eigenvalue weighted by molar-refractivity contribution is 7.08. The summed E-state index contributed by atoms with van der Waals surface area (Å²) in [6.45, 7) is 4.23. The number of para-hydroxylation sites is 2. The summed E-state index contributed by atoms with van der Waals surface area (Å²) in [5.41, 5.74) is 3.44. The van der Waals surface area contributed by atoms with E-state index in [0.717, 1.165) is 22.6 Å². The molecule has 1 aliphatic heterocycles. The molecule has 18 heavy (non-hydrogen) atoms. The number of carbonyl (C=O) groups excluding carboxylic acids is 1. The standard InChI is InChI=1S/C14H12N2OS/c1-2-7-16-13-6-4-3-5-11(13)15-12-9-18-8-10(12)14(16)17/h2-6,8-9,15H,1,7H2. The Labute approximate surface area is 109 Å². The number of carbonyl (C=O) groups is 1. The van der Waals surface area contributed by atoms with Gasteiger partial charge in [-0.1, -0.05) is 18.2 Å². The lowest BCUT2D eigenvalue weighted by Crippen LogP contribution is -2.30. The van der Waals surface area contributed by atoms with Gasteiger partial charge in [0.1, 0.15) is 0 Å². The molecule has 4 heteroatoms. The summed E-state index contributed by atoms with van der Waals surface area (Å²) in [7, 11) is 0. The molecule has 0 spiro atoms. The lowest BCUT2D eigenvalue weighted by atomic mass is 10.2. The van der Waals surface area contributed by atoms with E-state index in [-0.39, 0.29) is 5.91 Å². The summed E-state index contributed by atoms with van der Waals surface area (Å²) < 4.78 is 0. The lowest BCUT2D eigenvalue weighted by molar-refractivity contribution is 0.0991. The van der Waals surface area contributed by atoms with Gasteiger partial charge in [-0.25, -0.2) is 0 Å². The van der Waals surface area contributed by atoms with E-state index >= 15 is 0 Å². The largest absolute Gasteiger partial charge is 0.352 e. The lowest BCUT2D eigenvalue weighted by Gasteiger charge is -2.20. The van der Waals surface area contributed by atoms with Crippen molar-refractivity contribution in [3.05, 3.63) is 53.2 Å². The number of rotatable bonds is 2. The third kappa shape index (κ3) is 1.62. The van der Waals surface area contributed by atoms with Crippen molar-refractivity contribution in [2.75, 3.05) is 16.8 Å². The first kappa shape index (κ1) is 11.0. The maximum Gasteiger partial charge on any atom is 0.261 e. The minimum atomic E-state index is 0.0172. The second-order valence-electron chi connectivity index (χ2n) is 4.05. The van der Waals surface area contributed by atoms with E-state index in [1.807, 2.05) is 35.0 Å². The Kier molecular flexibility index (Phi) is 2.64. The topological polar surface area (TPSA) is 32.3 Å². The van der Waals surface area contributed by atoms with Crippen LogP contribution in [-0.2, 0) is 0 Å². The van der Waals surface area contributed by atoms with Crippen LogP contribution in [0.15, 0.2) is 47.7 Å². The summed E-state index contributed by atoms with van der Waals surface area (Å²) in [4.78, 5) is 14.2. The SMILES string of the molecule is C=CCN1C(=O)c2cscc2Nc2ccccc21. The monoisotopic (exact) mass is 256 g/mol. The van der Waals surface area contributed by atoms with Crippen molar-refractivity contribution >= 4 is 34.3 Å². The molecule has 90 valence electrons. The molecule has 0 unspecified atom stereocenters. The molecule has 0 aliphatic carbocycles. The fourth-order valence-corrected chi connectivity index (χ4v) is 2.84. The Morgan fingerprint density at radius 1 is 1.28 bits per heavy atom. The third-order valence-corrected chi connectivity index (χ3v) is 3.66. The Bertz CT molecular complexity index is 618. The quantitative estimate of drug-likeness (QED) is 0.832. The molecule has 0 radical (unpaired) electrons. The normalized spacial score (nSPS) is 13.3. The molecule has 0 fully saturated rings. The van der Waals surface area contributed by atoms with Crippen LogP contribution in [0.5, 0.6) is 0 Å². The molecular weight excluding hydrogens is 244 g/mol. The first-order valence-electron chi connectivity index (χ1n) is 5.66. The Hall–Kier alpha value is -2.07. The van der Waals surface area contributed by atoms with E-state index in [0.29, 0.717) is 6.54 Å². The van der Waals surface area contributed by atoms with E-state index < -0.39 is 0 Å². The summed E-state index contributed by atoms with van der Waals surface area (Å²) in [5.74, 6) is 0.0172. The second-order valence-corrected chi connectivity index (χ2v) is 4.79. The molecule has 3 nitrogen and oxygen atoms in total. The van der Waals surface area contributed by atoms with Crippen LogP contribution < -0.4 is 10.2 Å². The van der Waals surface area contributed by atoms with Crippen LogP contribution in [0.25, 0.3) is 0 Å². The number of thiophene rings is 1. The first-order valence-corrected chi connectivity index (χ1v) is 6.60. The van der Waals surface area contributed by atoms with Crippen molar-refractivity contribution in [3.8, 4) is 0 Å². The van der Waals surface area contributed by atoms with E-state index in [4.69, 9.17) is 0 Å². The van der Waals surface area contributed by atoms with Crippen LogP contribution >= 0.6 is 11.3 Å². The second kappa shape index (κ2) is 4.31. The van der Waals surface area contributed by atoms with Gasteiger partial charge in [0.05, 0.1) is 22.6 Å². The van der Waals surface area contributed by atoms with E-state index in [1.54, 1.807) is 11.0 Å². The predicted octanol–water partition coefficient (Wildman–Crippen LogP) is 3.64. The van der Waals surface area contributed by atoms with Gasteiger partial charge in [0, 0.05) is 17.3 Å². The van der Waals surface area contributed by atoms with Gasteiger partial charge in [-0.3, -0.25) is 4.79 Å². The number of fused-ring (bicyclic) bond motifs is 2. The summed E-state index contributed by atoms with van der Waals surface area (Å²) >= 11 is 1.53. The van der Waals surface area contributed by atoms with Crippen molar-refractivity contribution < 1.29 is 4.79 Å². The van der Waals surface area contributed by atoms with Crippen LogP contribution in [0.3, 0.4) is 0 Å². The molecule has 1 aromatic carbocycles. The van der Waals surface area contributed by atoms with Crippen LogP contribution in [0, 0.1) is 0 Å². The highest BCUT2D eigenvalue weighted by Gasteiger charge is 2.25. The molecule has 2 heterocycles. The zero-order chi connectivity index (χ0) is 12.5. The summed E-state index contributed by atoms with van der Waals surface area (Å²) in [6.07, 6.45) is 1.74. The molecule has 1 aliphatic rings. The molecule has 0 saturated heterocycles. The molecule has 0 saturated carbocycles. The number of hydrogen-bond acceptors (Lipinski definition) is 3. The molecule has 3 rings (SSSR count). The first-order chi connectivity index (χ1) is 8.81. The number of amides is 1. The van der Waals surface area contributed by atoms with Crippen molar-refractivity contribution in [1.29, 1.82) is 0 Å². The number of hydrogen-bond donors (Lipinski definition) is 1. The molecule has 2 aromatic rings. The molecule has 0 atom stereocenters. The third-order valence-electron chi connectivity index (χ3n) is 2.91. The van der Waals surface area contributed by atoms with Crippen LogP contribution in [-0.4, -0.2) is 12.5 Å². The minimum Gasteiger partial charge on any atom is -0.352 e. The van der Waals surface area contributed by atoms with Crippen molar-refractivity contribution in [3.63, 3.8) is 0 Å². The van der Waals surface area contributed by atoms with Crippen LogP contribution in [0.4, 0.5) is 17.1 Å². The Morgan fingerprint density at radius 3 is 2.94 bits per heavy atom. The van der Waals surface area contributed by atoms with Gasteiger partial charge < -0.3 is 10.2 Å². The fraction of sp³-hybridized carbons (Fsp3) is 0.0714. The van der Waals surface area contributed by atoms with Gasteiger partial charge in [-0.15, -0.1) is 17.9 Å². The van der Waals surface area contributed by atoms with Crippen molar-refractivity contribution in [2.24, 2.45) is 0 Å². The van der Waals surface area contributed by atoms with Crippen LogP contribution in [0.1, 0.15) is 10.4 Å². The zero-order valence-electron chi connectivity index (χ0n) is 9.72. The maximum absolute atomic E-state index is 12.5.